The fourth-order valence-corrected chi connectivity index (χ4v) is 3.37. The van der Waals surface area contributed by atoms with Crippen molar-refractivity contribution < 1.29 is 4.42 Å². The van der Waals surface area contributed by atoms with E-state index in [0.717, 1.165) is 14.7 Å². The Morgan fingerprint density at radius 1 is 0.789 bits per heavy atom. The lowest BCUT2D eigenvalue weighted by Gasteiger charge is -2.02. The second-order valence-electron chi connectivity index (χ2n) is 4.83. The third-order valence-corrected chi connectivity index (χ3v) is 4.51. The van der Waals surface area contributed by atoms with E-state index in [9.17, 15) is 0 Å². The fourth-order valence-electron chi connectivity index (χ4n) is 2.77. The Hall–Kier alpha value is -1.55. The lowest BCUT2D eigenvalue weighted by Crippen LogP contribution is -1.79. The SMILES string of the molecule is Cc1cc2c3cccc(I)c3oc2c2ccccc12. The van der Waals surface area contributed by atoms with E-state index in [4.69, 9.17) is 4.42 Å². The molecule has 0 saturated heterocycles. The van der Waals surface area contributed by atoms with Gasteiger partial charge in [0, 0.05) is 16.2 Å². The minimum atomic E-state index is 0.994. The molecule has 0 aliphatic rings. The summed E-state index contributed by atoms with van der Waals surface area (Å²) in [6.45, 7) is 2.16. The molecule has 1 aromatic heterocycles. The van der Waals surface area contributed by atoms with Crippen LogP contribution in [-0.4, -0.2) is 0 Å². The monoisotopic (exact) mass is 358 g/mol. The molecule has 0 bridgehead atoms. The molecule has 0 unspecified atom stereocenters. The first-order chi connectivity index (χ1) is 9.25. The number of rotatable bonds is 0. The van der Waals surface area contributed by atoms with Crippen molar-refractivity contribution >= 4 is 55.3 Å². The molecular formula is C17H11IO. The van der Waals surface area contributed by atoms with Gasteiger partial charge in [-0.2, -0.15) is 0 Å². The third-order valence-electron chi connectivity index (χ3n) is 3.66. The summed E-state index contributed by atoms with van der Waals surface area (Å²) in [7, 11) is 0. The third kappa shape index (κ3) is 1.53. The molecule has 0 N–H and O–H groups in total. The van der Waals surface area contributed by atoms with Crippen LogP contribution >= 0.6 is 22.6 Å². The van der Waals surface area contributed by atoms with Gasteiger partial charge in [-0.05, 0) is 52.6 Å². The van der Waals surface area contributed by atoms with Gasteiger partial charge in [-0.1, -0.05) is 36.4 Å². The molecule has 3 aromatic carbocycles. The summed E-state index contributed by atoms with van der Waals surface area (Å²) in [5.41, 5.74) is 3.29. The van der Waals surface area contributed by atoms with Crippen molar-refractivity contribution in [2.45, 2.75) is 6.92 Å². The van der Waals surface area contributed by atoms with Crippen LogP contribution in [0.5, 0.6) is 0 Å². The van der Waals surface area contributed by atoms with Gasteiger partial charge in [-0.25, -0.2) is 0 Å². The van der Waals surface area contributed by atoms with Crippen molar-refractivity contribution in [2.75, 3.05) is 0 Å². The van der Waals surface area contributed by atoms with E-state index in [-0.39, 0.29) is 0 Å². The number of para-hydroxylation sites is 1. The number of hydrogen-bond acceptors (Lipinski definition) is 1. The van der Waals surface area contributed by atoms with Gasteiger partial charge in [-0.15, -0.1) is 0 Å². The first kappa shape index (κ1) is 11.3. The van der Waals surface area contributed by atoms with Crippen molar-refractivity contribution in [2.24, 2.45) is 0 Å². The largest absolute Gasteiger partial charge is 0.454 e. The molecule has 1 heterocycles. The topological polar surface area (TPSA) is 13.1 Å². The average molecular weight is 358 g/mol. The second kappa shape index (κ2) is 3.97. The quantitative estimate of drug-likeness (QED) is 0.370. The van der Waals surface area contributed by atoms with E-state index in [2.05, 4.69) is 78.0 Å². The predicted molar refractivity (Wildman–Crippen MR) is 88.7 cm³/mol. The number of benzene rings is 3. The Morgan fingerprint density at radius 3 is 2.32 bits per heavy atom. The van der Waals surface area contributed by atoms with Crippen LogP contribution in [0.1, 0.15) is 5.56 Å². The zero-order valence-corrected chi connectivity index (χ0v) is 12.6. The van der Waals surface area contributed by atoms with Gasteiger partial charge in [0.05, 0.1) is 3.57 Å². The average Bonchev–Trinajstić information content (AvgIpc) is 2.80. The van der Waals surface area contributed by atoms with E-state index in [0.29, 0.717) is 0 Å². The Bertz CT molecular complexity index is 934. The van der Waals surface area contributed by atoms with Crippen LogP contribution in [0.25, 0.3) is 32.7 Å². The Kier molecular flexibility index (Phi) is 2.36. The molecule has 19 heavy (non-hydrogen) atoms. The first-order valence-corrected chi connectivity index (χ1v) is 7.32. The summed E-state index contributed by atoms with van der Waals surface area (Å²) in [5.74, 6) is 0. The smallest absolute Gasteiger partial charge is 0.148 e. The van der Waals surface area contributed by atoms with Crippen LogP contribution in [0.15, 0.2) is 52.9 Å². The van der Waals surface area contributed by atoms with Gasteiger partial charge in [0.15, 0.2) is 0 Å². The highest BCUT2D eigenvalue weighted by atomic mass is 127. The maximum Gasteiger partial charge on any atom is 0.148 e. The molecule has 0 radical (unpaired) electrons. The van der Waals surface area contributed by atoms with E-state index in [1.807, 2.05) is 0 Å². The molecule has 0 fully saturated rings. The minimum absolute atomic E-state index is 0.994. The summed E-state index contributed by atoms with van der Waals surface area (Å²) in [4.78, 5) is 0. The van der Waals surface area contributed by atoms with Crippen LogP contribution in [0, 0.1) is 10.5 Å². The number of halogens is 1. The van der Waals surface area contributed by atoms with Crippen LogP contribution in [0.3, 0.4) is 0 Å². The lowest BCUT2D eigenvalue weighted by atomic mass is 10.0. The lowest BCUT2D eigenvalue weighted by molar-refractivity contribution is 0.670. The van der Waals surface area contributed by atoms with Gasteiger partial charge >= 0.3 is 0 Å². The zero-order chi connectivity index (χ0) is 13.0. The molecule has 1 nitrogen and oxygen atoms in total. The Morgan fingerprint density at radius 2 is 1.47 bits per heavy atom. The van der Waals surface area contributed by atoms with Gasteiger partial charge in [-0.3, -0.25) is 0 Å². The van der Waals surface area contributed by atoms with Gasteiger partial charge in [0.2, 0.25) is 0 Å². The van der Waals surface area contributed by atoms with Crippen molar-refractivity contribution in [1.29, 1.82) is 0 Å². The zero-order valence-electron chi connectivity index (χ0n) is 10.4. The molecule has 0 spiro atoms. The molecular weight excluding hydrogens is 347 g/mol. The summed E-state index contributed by atoms with van der Waals surface area (Å²) < 4.78 is 7.30. The molecule has 0 aliphatic carbocycles. The second-order valence-corrected chi connectivity index (χ2v) is 6.00. The molecule has 4 rings (SSSR count). The molecule has 92 valence electrons. The normalized spacial score (nSPS) is 11.7. The highest BCUT2D eigenvalue weighted by Gasteiger charge is 2.13. The van der Waals surface area contributed by atoms with Crippen LogP contribution < -0.4 is 0 Å². The Balaban J connectivity index is 2.36. The van der Waals surface area contributed by atoms with E-state index < -0.39 is 0 Å². The molecule has 4 aromatic rings. The van der Waals surface area contributed by atoms with Crippen molar-refractivity contribution in [1.82, 2.24) is 0 Å². The number of furan rings is 1. The van der Waals surface area contributed by atoms with Gasteiger partial charge < -0.3 is 4.42 Å². The van der Waals surface area contributed by atoms with Crippen LogP contribution in [0.4, 0.5) is 0 Å². The minimum Gasteiger partial charge on any atom is -0.454 e. The van der Waals surface area contributed by atoms with Gasteiger partial charge in [0.1, 0.15) is 11.2 Å². The van der Waals surface area contributed by atoms with Crippen molar-refractivity contribution in [3.8, 4) is 0 Å². The van der Waals surface area contributed by atoms with Crippen LogP contribution in [-0.2, 0) is 0 Å². The highest BCUT2D eigenvalue weighted by molar-refractivity contribution is 14.1. The molecule has 0 atom stereocenters. The summed E-state index contributed by atoms with van der Waals surface area (Å²) in [6.07, 6.45) is 0. The number of hydrogen-bond donors (Lipinski definition) is 0. The van der Waals surface area contributed by atoms with E-state index in [1.165, 1.54) is 27.1 Å². The number of fused-ring (bicyclic) bond motifs is 5. The van der Waals surface area contributed by atoms with E-state index >= 15 is 0 Å². The summed E-state index contributed by atoms with van der Waals surface area (Å²) in [5, 5.41) is 4.88. The van der Waals surface area contributed by atoms with E-state index in [1.54, 1.807) is 0 Å². The molecule has 0 amide bonds. The molecule has 2 heteroatoms. The van der Waals surface area contributed by atoms with Crippen LogP contribution in [0.2, 0.25) is 0 Å². The molecule has 0 aliphatic heterocycles. The maximum atomic E-state index is 6.14. The Labute approximate surface area is 124 Å². The van der Waals surface area contributed by atoms with Crippen molar-refractivity contribution in [3.63, 3.8) is 0 Å². The first-order valence-electron chi connectivity index (χ1n) is 6.25. The summed E-state index contributed by atoms with van der Waals surface area (Å²) >= 11 is 2.33. The van der Waals surface area contributed by atoms with Gasteiger partial charge in [0.25, 0.3) is 0 Å². The predicted octanol–water partition coefficient (Wildman–Crippen LogP) is 5.65. The maximum absolute atomic E-state index is 6.14. The fraction of sp³-hybridized carbons (Fsp3) is 0.0588. The highest BCUT2D eigenvalue weighted by Crippen LogP contribution is 2.37. The standard InChI is InChI=1S/C17H11IO/c1-10-9-14-13-7-4-8-15(18)17(13)19-16(14)12-6-3-2-5-11(10)12/h2-9H,1H3. The van der Waals surface area contributed by atoms with Crippen molar-refractivity contribution in [3.05, 3.63) is 57.7 Å². The summed E-state index contributed by atoms with van der Waals surface area (Å²) in [6, 6.07) is 17.0. The number of aryl methyl sites for hydroxylation is 1. The molecule has 0 saturated carbocycles.